The van der Waals surface area contributed by atoms with Crippen LogP contribution in [0.5, 0.6) is 0 Å². The lowest BCUT2D eigenvalue weighted by molar-refractivity contribution is -0.384. The highest BCUT2D eigenvalue weighted by Crippen LogP contribution is 2.63. The number of carbonyl (C=O) groups is 3. The van der Waals surface area contributed by atoms with Crippen molar-refractivity contribution in [1.82, 2.24) is 5.01 Å². The molecular formula is C27H25N3O7. The van der Waals surface area contributed by atoms with Crippen LogP contribution in [0.4, 0.5) is 5.69 Å². The molecule has 0 radical (unpaired) electrons. The van der Waals surface area contributed by atoms with E-state index >= 15 is 0 Å². The summed E-state index contributed by atoms with van der Waals surface area (Å²) in [7, 11) is 0. The number of hydrogen-bond acceptors (Lipinski definition) is 9. The number of esters is 2. The van der Waals surface area contributed by atoms with Gasteiger partial charge in [0.05, 0.1) is 11.1 Å². The van der Waals surface area contributed by atoms with E-state index in [1.165, 1.54) is 36.2 Å². The van der Waals surface area contributed by atoms with E-state index in [0.717, 1.165) is 19.3 Å². The third-order valence-corrected chi connectivity index (χ3v) is 8.14. The topological polar surface area (TPSA) is 128 Å². The van der Waals surface area contributed by atoms with E-state index in [1.54, 1.807) is 18.3 Å². The Labute approximate surface area is 212 Å². The summed E-state index contributed by atoms with van der Waals surface area (Å²) in [6.45, 7) is 1.39. The van der Waals surface area contributed by atoms with Gasteiger partial charge in [0.15, 0.2) is 5.78 Å². The molecule has 2 saturated heterocycles. The molecule has 3 heterocycles. The van der Waals surface area contributed by atoms with Gasteiger partial charge in [-0.1, -0.05) is 42.8 Å². The van der Waals surface area contributed by atoms with E-state index in [0.29, 0.717) is 29.5 Å². The highest BCUT2D eigenvalue weighted by molar-refractivity contribution is 6.07. The van der Waals surface area contributed by atoms with Crippen LogP contribution in [-0.2, 0) is 23.9 Å². The fourth-order valence-corrected chi connectivity index (χ4v) is 6.53. The lowest BCUT2D eigenvalue weighted by Crippen LogP contribution is -2.60. The van der Waals surface area contributed by atoms with Crippen molar-refractivity contribution in [1.29, 1.82) is 0 Å². The van der Waals surface area contributed by atoms with Gasteiger partial charge in [0.25, 0.3) is 11.5 Å². The third-order valence-electron chi connectivity index (χ3n) is 8.14. The summed E-state index contributed by atoms with van der Waals surface area (Å²) in [6, 6.07) is 10.9. The summed E-state index contributed by atoms with van der Waals surface area (Å²) in [4.78, 5) is 52.5. The standard InChI is InChI=1S/C27H25N3O7/c1-16(31)22-21(17-9-11-19(12-10-17)30(34)35)27(23-20-8-4-3-7-18(20)15-28-29(22)23)24(32)36-26(37-25(27)33)13-5-2-6-14-26/h3-4,7-12,15,21-23H,2,5-6,13-14H2,1H3/t21-,22-,23-/m0/s1. The molecule has 190 valence electrons. The third kappa shape index (κ3) is 3.24. The monoisotopic (exact) mass is 503 g/mol. The second-order valence-electron chi connectivity index (χ2n) is 10.2. The zero-order chi connectivity index (χ0) is 25.9. The van der Waals surface area contributed by atoms with Crippen molar-refractivity contribution in [2.45, 2.75) is 62.8 Å². The van der Waals surface area contributed by atoms with Gasteiger partial charge in [-0.05, 0) is 36.5 Å². The van der Waals surface area contributed by atoms with Gasteiger partial charge in [-0.2, -0.15) is 5.10 Å². The average Bonchev–Trinajstić information content (AvgIpc) is 3.21. The van der Waals surface area contributed by atoms with E-state index in [9.17, 15) is 24.5 Å². The first kappa shape index (κ1) is 23.3. The lowest BCUT2D eigenvalue weighted by Gasteiger charge is -2.47. The fourth-order valence-electron chi connectivity index (χ4n) is 6.53. The number of nitro groups is 1. The van der Waals surface area contributed by atoms with Gasteiger partial charge >= 0.3 is 11.9 Å². The van der Waals surface area contributed by atoms with Crippen LogP contribution < -0.4 is 0 Å². The van der Waals surface area contributed by atoms with Gasteiger partial charge in [-0.3, -0.25) is 29.5 Å². The predicted molar refractivity (Wildman–Crippen MR) is 129 cm³/mol. The van der Waals surface area contributed by atoms with Gasteiger partial charge in [0, 0.05) is 30.9 Å². The highest BCUT2D eigenvalue weighted by Gasteiger charge is 2.75. The molecule has 3 atom stereocenters. The Bertz CT molecular complexity index is 1330. The minimum absolute atomic E-state index is 0.147. The zero-order valence-electron chi connectivity index (χ0n) is 20.2. The summed E-state index contributed by atoms with van der Waals surface area (Å²) >= 11 is 0. The molecule has 0 aromatic heterocycles. The summed E-state index contributed by atoms with van der Waals surface area (Å²) in [5.74, 6) is -4.16. The van der Waals surface area contributed by atoms with Gasteiger partial charge in [-0.25, -0.2) is 0 Å². The highest BCUT2D eigenvalue weighted by atomic mass is 16.7. The summed E-state index contributed by atoms with van der Waals surface area (Å²) < 4.78 is 12.1. The predicted octanol–water partition coefficient (Wildman–Crippen LogP) is 3.79. The summed E-state index contributed by atoms with van der Waals surface area (Å²) in [5.41, 5.74) is -0.300. The number of carbonyl (C=O) groups excluding carboxylic acids is 3. The SMILES string of the molecule is CC(=O)[C@H]1[C@H](c2ccc([N+](=O)[O-])cc2)C2(C(=O)OC3(CCCCC3)OC2=O)[C@@H]2c3ccccc3C=NN21. The van der Waals surface area contributed by atoms with Crippen molar-refractivity contribution >= 4 is 29.6 Å². The summed E-state index contributed by atoms with van der Waals surface area (Å²) in [5, 5.41) is 17.4. The van der Waals surface area contributed by atoms with Crippen LogP contribution in [0.25, 0.3) is 0 Å². The molecule has 3 aliphatic heterocycles. The maximum absolute atomic E-state index is 14.3. The molecule has 37 heavy (non-hydrogen) atoms. The number of non-ortho nitro benzene ring substituents is 1. The van der Waals surface area contributed by atoms with Crippen LogP contribution in [-0.4, -0.2) is 45.7 Å². The number of fused-ring (bicyclic) bond motifs is 4. The molecule has 2 spiro atoms. The van der Waals surface area contributed by atoms with Crippen molar-refractivity contribution in [3.8, 4) is 0 Å². The van der Waals surface area contributed by atoms with E-state index < -0.39 is 46.1 Å². The van der Waals surface area contributed by atoms with E-state index in [4.69, 9.17) is 9.47 Å². The van der Waals surface area contributed by atoms with Crippen LogP contribution in [0.1, 0.15) is 67.7 Å². The molecule has 1 saturated carbocycles. The van der Waals surface area contributed by atoms with Crippen molar-refractivity contribution in [2.24, 2.45) is 10.5 Å². The number of rotatable bonds is 3. The Kier molecular flexibility index (Phi) is 5.18. The Morgan fingerprint density at radius 3 is 2.30 bits per heavy atom. The molecule has 10 heteroatoms. The number of benzene rings is 2. The first-order valence-electron chi connectivity index (χ1n) is 12.4. The van der Waals surface area contributed by atoms with Crippen LogP contribution >= 0.6 is 0 Å². The van der Waals surface area contributed by atoms with Gasteiger partial charge in [0.2, 0.25) is 5.41 Å². The second-order valence-corrected chi connectivity index (χ2v) is 10.2. The van der Waals surface area contributed by atoms with Crippen molar-refractivity contribution in [3.63, 3.8) is 0 Å². The first-order chi connectivity index (χ1) is 17.8. The van der Waals surface area contributed by atoms with Crippen molar-refractivity contribution < 1.29 is 28.8 Å². The lowest BCUT2D eigenvalue weighted by atomic mass is 9.65. The zero-order valence-corrected chi connectivity index (χ0v) is 20.2. The number of Topliss-reactive ketones (excluding diaryl/α,β-unsaturated/α-hetero) is 1. The van der Waals surface area contributed by atoms with Crippen molar-refractivity contribution in [2.75, 3.05) is 0 Å². The molecule has 6 rings (SSSR count). The molecule has 0 unspecified atom stereocenters. The van der Waals surface area contributed by atoms with Gasteiger partial charge in [0.1, 0.15) is 12.1 Å². The van der Waals surface area contributed by atoms with Crippen LogP contribution in [0, 0.1) is 15.5 Å². The number of ether oxygens (including phenoxy) is 2. The van der Waals surface area contributed by atoms with Crippen LogP contribution in [0.2, 0.25) is 0 Å². The Hall–Kier alpha value is -4.08. The first-order valence-corrected chi connectivity index (χ1v) is 12.4. The smallest absolute Gasteiger partial charge is 0.330 e. The molecule has 2 aromatic rings. The second kappa shape index (κ2) is 8.22. The Morgan fingerprint density at radius 2 is 1.68 bits per heavy atom. The number of hydrazone groups is 1. The number of nitrogens with zero attached hydrogens (tertiary/aromatic N) is 3. The largest absolute Gasteiger partial charge is 0.422 e. The fraction of sp³-hybridized carbons (Fsp3) is 0.407. The summed E-state index contributed by atoms with van der Waals surface area (Å²) in [6.07, 6.45) is 4.92. The van der Waals surface area contributed by atoms with Gasteiger partial charge < -0.3 is 9.47 Å². The minimum Gasteiger partial charge on any atom is -0.422 e. The van der Waals surface area contributed by atoms with Crippen molar-refractivity contribution in [3.05, 3.63) is 75.3 Å². The molecule has 0 bridgehead atoms. The minimum atomic E-state index is -1.94. The molecule has 0 amide bonds. The van der Waals surface area contributed by atoms with E-state index in [1.807, 2.05) is 12.1 Å². The molecule has 3 fully saturated rings. The van der Waals surface area contributed by atoms with Gasteiger partial charge in [-0.15, -0.1) is 0 Å². The molecule has 4 aliphatic rings. The van der Waals surface area contributed by atoms with E-state index in [2.05, 4.69) is 5.10 Å². The number of ketones is 1. The van der Waals surface area contributed by atoms with Crippen LogP contribution in [0.15, 0.2) is 53.6 Å². The number of nitro benzene ring substituents is 1. The normalized spacial score (nSPS) is 26.8. The molecule has 2 aromatic carbocycles. The maximum Gasteiger partial charge on any atom is 0.330 e. The average molecular weight is 504 g/mol. The molecular weight excluding hydrogens is 478 g/mol. The quantitative estimate of drug-likeness (QED) is 0.268. The van der Waals surface area contributed by atoms with E-state index in [-0.39, 0.29) is 11.5 Å². The molecule has 0 N–H and O–H groups in total. The maximum atomic E-state index is 14.3. The molecule has 10 nitrogen and oxygen atoms in total. The van der Waals surface area contributed by atoms with Crippen LogP contribution in [0.3, 0.4) is 0 Å². The Balaban J connectivity index is 1.58. The molecule has 1 aliphatic carbocycles. The Morgan fingerprint density at radius 1 is 1.03 bits per heavy atom. The number of hydrogen-bond donors (Lipinski definition) is 0.